The van der Waals surface area contributed by atoms with Crippen molar-refractivity contribution in [2.75, 3.05) is 0 Å². The number of nitrogens with zero attached hydrogens (tertiary/aromatic N) is 3. The Morgan fingerprint density at radius 2 is 1.76 bits per heavy atom. The van der Waals surface area contributed by atoms with E-state index in [0.717, 1.165) is 23.9 Å². The molecule has 2 heterocycles. The lowest BCUT2D eigenvalue weighted by molar-refractivity contribution is 0.406. The summed E-state index contributed by atoms with van der Waals surface area (Å²) in [7, 11) is 2.09. The van der Waals surface area contributed by atoms with E-state index in [0.29, 0.717) is 18.5 Å². The van der Waals surface area contributed by atoms with Gasteiger partial charge in [0.25, 0.3) is 0 Å². The summed E-state index contributed by atoms with van der Waals surface area (Å²) in [5.41, 5.74) is 5.96. The minimum Gasteiger partial charge on any atom is -0.350 e. The molecule has 1 unspecified atom stereocenters. The number of aryl methyl sites for hydroxylation is 2. The normalized spacial score (nSPS) is 15.4. The van der Waals surface area contributed by atoms with Crippen LogP contribution in [0.25, 0.3) is 21.9 Å². The standard InChI is InChI=1S/C25H29N3O/c1-4-8-20(18-13-14-18)28-22-11-6-5-10-21(22)27(25(28)29)16-19-15-26(3)23-12-7-9-17(2)24(19)23/h5-7,9-12,15,18,20H,4,8,13-14,16H2,1-3H3. The number of hydrogen-bond donors (Lipinski definition) is 0. The molecule has 2 aromatic carbocycles. The van der Waals surface area contributed by atoms with E-state index >= 15 is 0 Å². The number of fused-ring (bicyclic) bond motifs is 2. The van der Waals surface area contributed by atoms with Crippen LogP contribution in [0.2, 0.25) is 0 Å². The van der Waals surface area contributed by atoms with Gasteiger partial charge in [0, 0.05) is 30.2 Å². The Bertz CT molecular complexity index is 1250. The molecule has 0 bridgehead atoms. The second-order valence-corrected chi connectivity index (χ2v) is 8.66. The summed E-state index contributed by atoms with van der Waals surface area (Å²) >= 11 is 0. The summed E-state index contributed by atoms with van der Waals surface area (Å²) in [4.78, 5) is 13.7. The first-order valence-corrected chi connectivity index (χ1v) is 10.8. The van der Waals surface area contributed by atoms with Crippen molar-refractivity contribution >= 4 is 21.9 Å². The molecule has 1 saturated carbocycles. The number of benzene rings is 2. The lowest BCUT2D eigenvalue weighted by Gasteiger charge is -2.17. The maximum atomic E-state index is 13.7. The lowest BCUT2D eigenvalue weighted by Crippen LogP contribution is -2.28. The molecule has 0 amide bonds. The zero-order valence-electron chi connectivity index (χ0n) is 17.6. The molecule has 1 aliphatic carbocycles. The average molecular weight is 388 g/mol. The predicted molar refractivity (Wildman–Crippen MR) is 120 cm³/mol. The fourth-order valence-corrected chi connectivity index (χ4v) is 5.08. The zero-order chi connectivity index (χ0) is 20.1. The summed E-state index contributed by atoms with van der Waals surface area (Å²) < 4.78 is 6.27. The Morgan fingerprint density at radius 3 is 2.48 bits per heavy atom. The van der Waals surface area contributed by atoms with Crippen LogP contribution in [0.5, 0.6) is 0 Å². The minimum atomic E-state index is 0.141. The van der Waals surface area contributed by atoms with Gasteiger partial charge in [-0.2, -0.15) is 0 Å². The van der Waals surface area contributed by atoms with Crippen molar-refractivity contribution in [2.24, 2.45) is 13.0 Å². The Morgan fingerprint density at radius 1 is 1.03 bits per heavy atom. The van der Waals surface area contributed by atoms with Crippen molar-refractivity contribution in [3.8, 4) is 0 Å². The fraction of sp³-hybridized carbons (Fsp3) is 0.400. The van der Waals surface area contributed by atoms with Gasteiger partial charge in [0.05, 0.1) is 17.6 Å². The molecular formula is C25H29N3O. The van der Waals surface area contributed by atoms with Crippen molar-refractivity contribution in [1.82, 2.24) is 13.7 Å². The van der Waals surface area contributed by atoms with E-state index < -0.39 is 0 Å². The quantitative estimate of drug-likeness (QED) is 0.436. The Kier molecular flexibility index (Phi) is 4.38. The second kappa shape index (κ2) is 6.94. The minimum absolute atomic E-state index is 0.141. The molecular weight excluding hydrogens is 358 g/mol. The van der Waals surface area contributed by atoms with Gasteiger partial charge in [-0.3, -0.25) is 9.13 Å². The van der Waals surface area contributed by atoms with Gasteiger partial charge in [0.2, 0.25) is 0 Å². The van der Waals surface area contributed by atoms with E-state index in [9.17, 15) is 4.79 Å². The highest BCUT2D eigenvalue weighted by atomic mass is 16.1. The Balaban J connectivity index is 1.69. The van der Waals surface area contributed by atoms with Crippen LogP contribution in [-0.4, -0.2) is 13.7 Å². The van der Waals surface area contributed by atoms with Crippen molar-refractivity contribution < 1.29 is 0 Å². The van der Waals surface area contributed by atoms with Crippen LogP contribution < -0.4 is 5.69 Å². The maximum Gasteiger partial charge on any atom is 0.329 e. The third-order valence-corrected chi connectivity index (χ3v) is 6.58. The largest absolute Gasteiger partial charge is 0.350 e. The summed E-state index contributed by atoms with van der Waals surface area (Å²) in [6.45, 7) is 4.98. The van der Waals surface area contributed by atoms with Gasteiger partial charge in [0.1, 0.15) is 0 Å². The van der Waals surface area contributed by atoms with Crippen LogP contribution in [-0.2, 0) is 13.6 Å². The topological polar surface area (TPSA) is 31.9 Å². The smallest absolute Gasteiger partial charge is 0.329 e. The van der Waals surface area contributed by atoms with Gasteiger partial charge >= 0.3 is 5.69 Å². The van der Waals surface area contributed by atoms with Crippen molar-refractivity contribution in [2.45, 2.75) is 52.1 Å². The summed E-state index contributed by atoms with van der Waals surface area (Å²) in [6.07, 6.45) is 6.86. The van der Waals surface area contributed by atoms with E-state index in [1.54, 1.807) is 0 Å². The molecule has 0 spiro atoms. The van der Waals surface area contributed by atoms with Gasteiger partial charge in [-0.15, -0.1) is 0 Å². The van der Waals surface area contributed by atoms with Crippen molar-refractivity contribution in [1.29, 1.82) is 0 Å². The van der Waals surface area contributed by atoms with Crippen molar-refractivity contribution in [3.05, 3.63) is 70.3 Å². The van der Waals surface area contributed by atoms with E-state index in [1.165, 1.54) is 34.9 Å². The highest BCUT2D eigenvalue weighted by Crippen LogP contribution is 2.42. The average Bonchev–Trinajstić information content (AvgIpc) is 3.46. The third kappa shape index (κ3) is 2.93. The highest BCUT2D eigenvalue weighted by molar-refractivity contribution is 5.87. The van der Waals surface area contributed by atoms with Gasteiger partial charge in [0.15, 0.2) is 0 Å². The zero-order valence-corrected chi connectivity index (χ0v) is 17.6. The van der Waals surface area contributed by atoms with Gasteiger partial charge in [-0.1, -0.05) is 37.6 Å². The van der Waals surface area contributed by atoms with Crippen LogP contribution in [0.4, 0.5) is 0 Å². The van der Waals surface area contributed by atoms with E-state index in [4.69, 9.17) is 0 Å². The molecule has 29 heavy (non-hydrogen) atoms. The molecule has 2 aromatic heterocycles. The molecule has 4 heteroatoms. The molecule has 1 atom stereocenters. The first kappa shape index (κ1) is 18.3. The van der Waals surface area contributed by atoms with Gasteiger partial charge < -0.3 is 4.57 Å². The number of imidazole rings is 1. The lowest BCUT2D eigenvalue weighted by atomic mass is 10.1. The molecule has 0 aliphatic heterocycles. The molecule has 4 nitrogen and oxygen atoms in total. The number of hydrogen-bond acceptors (Lipinski definition) is 1. The third-order valence-electron chi connectivity index (χ3n) is 6.58. The Hall–Kier alpha value is -2.75. The number of rotatable bonds is 6. The number of para-hydroxylation sites is 2. The molecule has 1 aliphatic rings. The van der Waals surface area contributed by atoms with Crippen LogP contribution in [0.1, 0.15) is 49.8 Å². The molecule has 5 rings (SSSR count). The molecule has 0 radical (unpaired) electrons. The first-order valence-electron chi connectivity index (χ1n) is 10.8. The Labute approximate surface area is 171 Å². The SMILES string of the molecule is CCCC(C1CC1)n1c(=O)n(Cc2cn(C)c3cccc(C)c23)c2ccccc21. The first-order chi connectivity index (χ1) is 14.1. The van der Waals surface area contributed by atoms with Crippen molar-refractivity contribution in [3.63, 3.8) is 0 Å². The predicted octanol–water partition coefficient (Wildman–Crippen LogP) is 5.40. The summed E-state index contributed by atoms with van der Waals surface area (Å²) in [6, 6.07) is 15.1. The second-order valence-electron chi connectivity index (χ2n) is 8.66. The molecule has 0 N–H and O–H groups in total. The maximum absolute atomic E-state index is 13.7. The number of aromatic nitrogens is 3. The van der Waals surface area contributed by atoms with Crippen LogP contribution >= 0.6 is 0 Å². The summed E-state index contributed by atoms with van der Waals surface area (Å²) in [5.74, 6) is 0.659. The molecule has 4 aromatic rings. The highest BCUT2D eigenvalue weighted by Gasteiger charge is 2.34. The van der Waals surface area contributed by atoms with E-state index in [2.05, 4.69) is 72.6 Å². The fourth-order valence-electron chi connectivity index (χ4n) is 5.08. The van der Waals surface area contributed by atoms with Crippen LogP contribution in [0.15, 0.2) is 53.5 Å². The van der Waals surface area contributed by atoms with Gasteiger partial charge in [-0.05, 0) is 61.4 Å². The molecule has 1 fully saturated rings. The van der Waals surface area contributed by atoms with Crippen LogP contribution in [0, 0.1) is 12.8 Å². The summed E-state index contributed by atoms with van der Waals surface area (Å²) in [5, 5.41) is 1.27. The molecule has 150 valence electrons. The molecule has 0 saturated heterocycles. The van der Waals surface area contributed by atoms with Gasteiger partial charge in [-0.25, -0.2) is 4.79 Å². The van der Waals surface area contributed by atoms with E-state index in [-0.39, 0.29) is 5.69 Å². The monoisotopic (exact) mass is 387 g/mol. The van der Waals surface area contributed by atoms with Crippen LogP contribution in [0.3, 0.4) is 0 Å². The van der Waals surface area contributed by atoms with E-state index in [1.807, 2.05) is 10.6 Å².